The molecule has 0 aliphatic carbocycles. The van der Waals surface area contributed by atoms with Crippen molar-refractivity contribution in [3.05, 3.63) is 64.2 Å². The summed E-state index contributed by atoms with van der Waals surface area (Å²) in [6.07, 6.45) is -0.273. The first-order valence-corrected chi connectivity index (χ1v) is 6.52. The molecule has 2 aromatic carbocycles. The number of benzene rings is 2. The molecule has 0 saturated carbocycles. The highest BCUT2D eigenvalue weighted by atomic mass is 35.5. The third-order valence-electron chi connectivity index (χ3n) is 3.08. The minimum Gasteiger partial charge on any atom is -0.496 e. The van der Waals surface area contributed by atoms with E-state index in [2.05, 4.69) is 0 Å². The van der Waals surface area contributed by atoms with Gasteiger partial charge in [-0.25, -0.2) is 0 Å². The molecule has 3 nitrogen and oxygen atoms in total. The second kappa shape index (κ2) is 6.42. The van der Waals surface area contributed by atoms with E-state index in [0.717, 1.165) is 11.1 Å². The Morgan fingerprint density at radius 3 is 2.55 bits per heavy atom. The van der Waals surface area contributed by atoms with Gasteiger partial charge in [0.1, 0.15) is 5.75 Å². The van der Waals surface area contributed by atoms with Gasteiger partial charge in [0.25, 0.3) is 0 Å². The number of rotatable bonds is 4. The van der Waals surface area contributed by atoms with Crippen LogP contribution in [0.15, 0.2) is 42.5 Å². The van der Waals surface area contributed by atoms with Crippen molar-refractivity contribution < 1.29 is 9.84 Å². The van der Waals surface area contributed by atoms with Crippen molar-refractivity contribution in [2.75, 3.05) is 7.11 Å². The minimum atomic E-state index is -0.671. The van der Waals surface area contributed by atoms with E-state index in [0.29, 0.717) is 22.8 Å². The molecule has 1 atom stereocenters. The van der Waals surface area contributed by atoms with E-state index in [9.17, 15) is 5.11 Å². The predicted molar refractivity (Wildman–Crippen MR) is 77.8 cm³/mol. The number of aliphatic hydroxyl groups is 1. The first-order valence-electron chi connectivity index (χ1n) is 6.14. The van der Waals surface area contributed by atoms with Gasteiger partial charge in [-0.1, -0.05) is 23.7 Å². The number of nitriles is 1. The standard InChI is InChI=1S/C16H14ClNO2/c1-20-16-7-6-14(17)8-13(16)9-15(19)12-4-2-11(10-18)3-5-12/h2-8,15,19H,9H2,1H3. The van der Waals surface area contributed by atoms with Gasteiger partial charge in [-0.05, 0) is 41.5 Å². The average molecular weight is 288 g/mol. The van der Waals surface area contributed by atoms with Crippen molar-refractivity contribution in [3.63, 3.8) is 0 Å². The summed E-state index contributed by atoms with van der Waals surface area (Å²) < 4.78 is 5.26. The van der Waals surface area contributed by atoms with Crippen molar-refractivity contribution >= 4 is 11.6 Å². The van der Waals surface area contributed by atoms with Crippen LogP contribution in [-0.2, 0) is 6.42 Å². The summed E-state index contributed by atoms with van der Waals surface area (Å²) in [7, 11) is 1.58. The van der Waals surface area contributed by atoms with Gasteiger partial charge in [0.2, 0.25) is 0 Å². The van der Waals surface area contributed by atoms with E-state index in [1.165, 1.54) is 0 Å². The fourth-order valence-electron chi connectivity index (χ4n) is 2.01. The van der Waals surface area contributed by atoms with Gasteiger partial charge < -0.3 is 9.84 Å². The summed E-state index contributed by atoms with van der Waals surface area (Å²) in [5.74, 6) is 0.696. The van der Waals surface area contributed by atoms with Gasteiger partial charge in [0.05, 0.1) is 24.8 Å². The number of hydrogen-bond acceptors (Lipinski definition) is 3. The Hall–Kier alpha value is -2.02. The molecule has 0 aromatic heterocycles. The highest BCUT2D eigenvalue weighted by Gasteiger charge is 2.12. The van der Waals surface area contributed by atoms with E-state index < -0.39 is 6.10 Å². The lowest BCUT2D eigenvalue weighted by Gasteiger charge is -2.14. The van der Waals surface area contributed by atoms with Crippen LogP contribution in [0.1, 0.15) is 22.8 Å². The third-order valence-corrected chi connectivity index (χ3v) is 3.32. The van der Waals surface area contributed by atoms with Crippen LogP contribution < -0.4 is 4.74 Å². The van der Waals surface area contributed by atoms with Crippen LogP contribution >= 0.6 is 11.6 Å². The molecule has 0 fully saturated rings. The van der Waals surface area contributed by atoms with Crippen LogP contribution in [-0.4, -0.2) is 12.2 Å². The number of nitrogens with zero attached hydrogens (tertiary/aromatic N) is 1. The zero-order chi connectivity index (χ0) is 14.5. The van der Waals surface area contributed by atoms with Crippen LogP contribution in [0.4, 0.5) is 0 Å². The fraction of sp³-hybridized carbons (Fsp3) is 0.188. The maximum Gasteiger partial charge on any atom is 0.122 e. The zero-order valence-corrected chi connectivity index (χ0v) is 11.8. The van der Waals surface area contributed by atoms with E-state index in [4.69, 9.17) is 21.6 Å². The molecule has 0 heterocycles. The fourth-order valence-corrected chi connectivity index (χ4v) is 2.21. The quantitative estimate of drug-likeness (QED) is 0.936. The van der Waals surface area contributed by atoms with E-state index in [-0.39, 0.29) is 0 Å². The largest absolute Gasteiger partial charge is 0.496 e. The van der Waals surface area contributed by atoms with Gasteiger partial charge in [0.15, 0.2) is 0 Å². The molecule has 0 saturated heterocycles. The van der Waals surface area contributed by atoms with Gasteiger partial charge in [0, 0.05) is 11.4 Å². The van der Waals surface area contributed by atoms with Crippen LogP contribution in [0.5, 0.6) is 5.75 Å². The Morgan fingerprint density at radius 2 is 1.95 bits per heavy atom. The third kappa shape index (κ3) is 3.30. The lowest BCUT2D eigenvalue weighted by Crippen LogP contribution is -2.03. The molecular formula is C16H14ClNO2. The lowest BCUT2D eigenvalue weighted by molar-refractivity contribution is 0.177. The van der Waals surface area contributed by atoms with Gasteiger partial charge in [-0.15, -0.1) is 0 Å². The van der Waals surface area contributed by atoms with E-state index in [1.54, 1.807) is 49.6 Å². The number of aliphatic hydroxyl groups excluding tert-OH is 1. The molecular weight excluding hydrogens is 274 g/mol. The second-order valence-corrected chi connectivity index (χ2v) is 4.85. The molecule has 2 rings (SSSR count). The van der Waals surface area contributed by atoms with Crippen molar-refractivity contribution in [1.29, 1.82) is 5.26 Å². The summed E-state index contributed by atoms with van der Waals surface area (Å²) in [6.45, 7) is 0. The van der Waals surface area contributed by atoms with E-state index in [1.807, 2.05) is 6.07 Å². The summed E-state index contributed by atoms with van der Waals surface area (Å²) in [6, 6.07) is 14.2. The predicted octanol–water partition coefficient (Wildman–Crippen LogP) is 3.50. The molecule has 20 heavy (non-hydrogen) atoms. The Kier molecular flexibility index (Phi) is 4.62. The van der Waals surface area contributed by atoms with Crippen LogP contribution in [0.3, 0.4) is 0 Å². The first kappa shape index (κ1) is 14.4. The Morgan fingerprint density at radius 1 is 1.25 bits per heavy atom. The van der Waals surface area contributed by atoms with Gasteiger partial charge in [-0.3, -0.25) is 0 Å². The Bertz CT molecular complexity index is 632. The van der Waals surface area contributed by atoms with Crippen LogP contribution in [0.25, 0.3) is 0 Å². The smallest absolute Gasteiger partial charge is 0.122 e. The maximum atomic E-state index is 10.3. The zero-order valence-electron chi connectivity index (χ0n) is 11.0. The monoisotopic (exact) mass is 287 g/mol. The maximum absolute atomic E-state index is 10.3. The lowest BCUT2D eigenvalue weighted by atomic mass is 10.00. The summed E-state index contributed by atoms with van der Waals surface area (Å²) in [4.78, 5) is 0. The number of halogens is 1. The van der Waals surface area contributed by atoms with Crippen LogP contribution in [0.2, 0.25) is 5.02 Å². The number of hydrogen-bond donors (Lipinski definition) is 1. The molecule has 0 spiro atoms. The first-order chi connectivity index (χ1) is 9.63. The van der Waals surface area contributed by atoms with Crippen molar-refractivity contribution in [1.82, 2.24) is 0 Å². The Labute approximate surface area is 123 Å². The topological polar surface area (TPSA) is 53.2 Å². The normalized spacial score (nSPS) is 11.7. The van der Waals surface area contributed by atoms with E-state index >= 15 is 0 Å². The number of ether oxygens (including phenoxy) is 1. The number of methoxy groups -OCH3 is 1. The van der Waals surface area contributed by atoms with Crippen molar-refractivity contribution in [2.24, 2.45) is 0 Å². The average Bonchev–Trinajstić information content (AvgIpc) is 2.47. The molecule has 0 radical (unpaired) electrons. The highest BCUT2D eigenvalue weighted by Crippen LogP contribution is 2.27. The Balaban J connectivity index is 2.20. The van der Waals surface area contributed by atoms with Crippen molar-refractivity contribution in [2.45, 2.75) is 12.5 Å². The molecule has 102 valence electrons. The summed E-state index contributed by atoms with van der Waals surface area (Å²) in [5, 5.41) is 19.6. The molecule has 0 aliphatic heterocycles. The molecule has 4 heteroatoms. The minimum absolute atomic E-state index is 0.398. The molecule has 2 aromatic rings. The van der Waals surface area contributed by atoms with Crippen molar-refractivity contribution in [3.8, 4) is 11.8 Å². The highest BCUT2D eigenvalue weighted by molar-refractivity contribution is 6.30. The van der Waals surface area contributed by atoms with Gasteiger partial charge >= 0.3 is 0 Å². The summed E-state index contributed by atoms with van der Waals surface area (Å²) in [5.41, 5.74) is 2.17. The second-order valence-electron chi connectivity index (χ2n) is 4.41. The SMILES string of the molecule is COc1ccc(Cl)cc1CC(O)c1ccc(C#N)cc1. The van der Waals surface area contributed by atoms with Crippen LogP contribution in [0, 0.1) is 11.3 Å². The van der Waals surface area contributed by atoms with Gasteiger partial charge in [-0.2, -0.15) is 5.26 Å². The molecule has 0 aliphatic rings. The molecule has 0 bridgehead atoms. The molecule has 1 unspecified atom stereocenters. The summed E-state index contributed by atoms with van der Waals surface area (Å²) >= 11 is 5.97. The molecule has 0 amide bonds. The molecule has 1 N–H and O–H groups in total.